The number of sulfone groups is 1. The monoisotopic (exact) mass is 390 g/mol. The molecule has 2 aliphatic heterocycles. The van der Waals surface area contributed by atoms with E-state index in [0.29, 0.717) is 41.1 Å². The van der Waals surface area contributed by atoms with E-state index >= 15 is 0 Å². The van der Waals surface area contributed by atoms with Crippen molar-refractivity contribution in [1.29, 1.82) is 0 Å². The van der Waals surface area contributed by atoms with Gasteiger partial charge in [-0.05, 0) is 68.4 Å². The van der Waals surface area contributed by atoms with Crippen LogP contribution in [0.15, 0.2) is 46.0 Å². The van der Waals surface area contributed by atoms with Crippen molar-refractivity contribution in [3.8, 4) is 0 Å². The van der Waals surface area contributed by atoms with Crippen LogP contribution in [0, 0.1) is 0 Å². The molecule has 138 valence electrons. The zero-order chi connectivity index (χ0) is 18.3. The summed E-state index contributed by atoms with van der Waals surface area (Å²) in [7, 11) is -1.23. The number of hydrogen-bond acceptors (Lipinski definition) is 5. The second-order valence-corrected chi connectivity index (χ2v) is 10.2. The second kappa shape index (κ2) is 6.79. The Bertz CT molecular complexity index is 877. The Morgan fingerprint density at radius 2 is 1.77 bits per heavy atom. The minimum absolute atomic E-state index is 0.186. The van der Waals surface area contributed by atoms with E-state index in [1.807, 2.05) is 5.38 Å². The number of nitrogens with zero attached hydrogens (tertiary/aromatic N) is 1. The molecule has 2 aliphatic rings. The molecule has 3 atom stereocenters. The fraction of sp³-hybridized carbons (Fsp3) is 0.421. The van der Waals surface area contributed by atoms with Gasteiger partial charge in [0.1, 0.15) is 0 Å². The zero-order valence-corrected chi connectivity index (χ0v) is 16.2. The van der Waals surface area contributed by atoms with Crippen molar-refractivity contribution in [3.63, 3.8) is 0 Å². The summed E-state index contributed by atoms with van der Waals surface area (Å²) in [6.07, 6.45) is 3.62. The van der Waals surface area contributed by atoms with Crippen molar-refractivity contribution in [2.24, 2.45) is 0 Å². The van der Waals surface area contributed by atoms with E-state index in [2.05, 4.69) is 17.3 Å². The van der Waals surface area contributed by atoms with Gasteiger partial charge in [-0.1, -0.05) is 0 Å². The van der Waals surface area contributed by atoms with Gasteiger partial charge in [-0.25, -0.2) is 8.42 Å². The van der Waals surface area contributed by atoms with Gasteiger partial charge in [0.2, 0.25) is 0 Å². The number of anilines is 1. The average Bonchev–Trinajstić information content (AvgIpc) is 3.21. The summed E-state index contributed by atoms with van der Waals surface area (Å²) in [5, 5.41) is 6.12. The minimum Gasteiger partial charge on any atom is -0.322 e. The highest BCUT2D eigenvalue weighted by molar-refractivity contribution is 7.92. The molecule has 0 spiro atoms. The number of thiophene rings is 1. The Kier molecular flexibility index (Phi) is 4.62. The first-order valence-electron chi connectivity index (χ1n) is 8.84. The Labute approximate surface area is 157 Å². The third kappa shape index (κ3) is 3.19. The van der Waals surface area contributed by atoms with Crippen molar-refractivity contribution in [2.45, 2.75) is 47.9 Å². The summed E-state index contributed by atoms with van der Waals surface area (Å²) in [6.45, 7) is 0. The first-order chi connectivity index (χ1) is 12.4. The number of benzene rings is 1. The summed E-state index contributed by atoms with van der Waals surface area (Å²) in [4.78, 5) is 14.8. The molecule has 1 aromatic heterocycles. The molecule has 1 amide bonds. The predicted octanol–water partition coefficient (Wildman–Crippen LogP) is 3.40. The van der Waals surface area contributed by atoms with Gasteiger partial charge in [0, 0.05) is 23.2 Å². The molecule has 0 saturated carbocycles. The number of carbonyl (C=O) groups excluding carboxylic acids is 1. The van der Waals surface area contributed by atoms with Gasteiger partial charge in [-0.15, -0.1) is 0 Å². The molecular formula is C19H22N2O3S2. The number of piperidine rings is 1. The van der Waals surface area contributed by atoms with Crippen LogP contribution in [0.4, 0.5) is 5.69 Å². The van der Waals surface area contributed by atoms with Gasteiger partial charge in [0.05, 0.1) is 15.7 Å². The fourth-order valence-corrected chi connectivity index (χ4v) is 6.62. The van der Waals surface area contributed by atoms with Crippen LogP contribution in [0.25, 0.3) is 0 Å². The van der Waals surface area contributed by atoms with Gasteiger partial charge >= 0.3 is 0 Å². The Balaban J connectivity index is 1.48. The van der Waals surface area contributed by atoms with E-state index in [4.69, 9.17) is 0 Å². The van der Waals surface area contributed by atoms with Gasteiger partial charge < -0.3 is 10.2 Å². The van der Waals surface area contributed by atoms with Crippen LogP contribution in [0.2, 0.25) is 0 Å². The summed E-state index contributed by atoms with van der Waals surface area (Å²) >= 11 is 1.46. The Morgan fingerprint density at radius 1 is 1.12 bits per heavy atom. The van der Waals surface area contributed by atoms with Crippen molar-refractivity contribution in [3.05, 3.63) is 46.7 Å². The zero-order valence-electron chi connectivity index (χ0n) is 14.6. The minimum atomic E-state index is -3.34. The molecule has 4 rings (SSSR count). The lowest BCUT2D eigenvalue weighted by Gasteiger charge is -2.35. The van der Waals surface area contributed by atoms with Gasteiger partial charge in [0.15, 0.2) is 9.84 Å². The smallest absolute Gasteiger partial charge is 0.256 e. The molecule has 2 saturated heterocycles. The predicted molar refractivity (Wildman–Crippen MR) is 103 cm³/mol. The molecule has 0 unspecified atom stereocenters. The first kappa shape index (κ1) is 17.7. The molecule has 0 aliphatic carbocycles. The standard InChI is InChI=1S/C19H22N2O3S2/c1-21-15-4-5-16(21)11-18(10-15)26(23,24)17-6-2-14(3-7-17)20-19(22)13-8-9-25-12-13/h2-3,6-9,12,15-16,18H,4-5,10-11H2,1H3,(H,20,22)/t15-,16+,18-. The van der Waals surface area contributed by atoms with Crippen molar-refractivity contribution < 1.29 is 13.2 Å². The van der Waals surface area contributed by atoms with Crippen molar-refractivity contribution in [1.82, 2.24) is 4.90 Å². The number of rotatable bonds is 4. The summed E-state index contributed by atoms with van der Waals surface area (Å²) in [5.74, 6) is -0.186. The molecule has 3 heterocycles. The van der Waals surface area contributed by atoms with Gasteiger partial charge in [-0.2, -0.15) is 11.3 Å². The lowest BCUT2D eigenvalue weighted by atomic mass is 10.0. The number of amides is 1. The Morgan fingerprint density at radius 3 is 2.35 bits per heavy atom. The number of hydrogen-bond donors (Lipinski definition) is 1. The summed E-state index contributed by atoms with van der Waals surface area (Å²) < 4.78 is 26.1. The van der Waals surface area contributed by atoms with Crippen LogP contribution in [-0.2, 0) is 9.84 Å². The van der Waals surface area contributed by atoms with E-state index in [0.717, 1.165) is 12.8 Å². The maximum Gasteiger partial charge on any atom is 0.256 e. The van der Waals surface area contributed by atoms with Crippen LogP contribution >= 0.6 is 11.3 Å². The number of nitrogens with one attached hydrogen (secondary N) is 1. The molecule has 1 N–H and O–H groups in total. The third-order valence-corrected chi connectivity index (χ3v) is 8.59. The van der Waals surface area contributed by atoms with Gasteiger partial charge in [0.25, 0.3) is 5.91 Å². The molecule has 2 aromatic rings. The van der Waals surface area contributed by atoms with Gasteiger partial charge in [-0.3, -0.25) is 4.79 Å². The third-order valence-electron chi connectivity index (χ3n) is 5.72. The van der Waals surface area contributed by atoms with Crippen LogP contribution in [0.5, 0.6) is 0 Å². The molecule has 0 radical (unpaired) electrons. The van der Waals surface area contributed by atoms with Crippen LogP contribution in [-0.4, -0.2) is 43.6 Å². The van der Waals surface area contributed by atoms with E-state index in [1.165, 1.54) is 11.3 Å². The molecule has 7 heteroatoms. The quantitative estimate of drug-likeness (QED) is 0.869. The molecule has 26 heavy (non-hydrogen) atoms. The number of carbonyl (C=O) groups is 1. The van der Waals surface area contributed by atoms with E-state index in [1.54, 1.807) is 35.7 Å². The molecule has 5 nitrogen and oxygen atoms in total. The normalized spacial score (nSPS) is 26.0. The highest BCUT2D eigenvalue weighted by atomic mass is 32.2. The molecule has 2 bridgehead atoms. The second-order valence-electron chi connectivity index (χ2n) is 7.18. The molecule has 2 fully saturated rings. The lowest BCUT2D eigenvalue weighted by Crippen LogP contribution is -2.44. The topological polar surface area (TPSA) is 66.5 Å². The lowest BCUT2D eigenvalue weighted by molar-refractivity contribution is 0.102. The highest BCUT2D eigenvalue weighted by Crippen LogP contribution is 2.38. The van der Waals surface area contributed by atoms with Crippen LogP contribution in [0.3, 0.4) is 0 Å². The van der Waals surface area contributed by atoms with Crippen LogP contribution < -0.4 is 5.32 Å². The maximum absolute atomic E-state index is 13.0. The maximum atomic E-state index is 13.0. The number of fused-ring (bicyclic) bond motifs is 2. The van der Waals surface area contributed by atoms with Crippen LogP contribution in [0.1, 0.15) is 36.0 Å². The fourth-order valence-electron chi connectivity index (χ4n) is 4.13. The molecular weight excluding hydrogens is 368 g/mol. The first-order valence-corrected chi connectivity index (χ1v) is 11.3. The van der Waals surface area contributed by atoms with Crippen molar-refractivity contribution in [2.75, 3.05) is 12.4 Å². The Hall–Kier alpha value is -1.70. The highest BCUT2D eigenvalue weighted by Gasteiger charge is 2.43. The average molecular weight is 391 g/mol. The summed E-state index contributed by atoms with van der Waals surface area (Å²) in [5.41, 5.74) is 1.21. The largest absolute Gasteiger partial charge is 0.322 e. The molecule has 1 aromatic carbocycles. The van der Waals surface area contributed by atoms with E-state index in [-0.39, 0.29) is 11.2 Å². The summed E-state index contributed by atoms with van der Waals surface area (Å²) in [6, 6.07) is 9.09. The SMILES string of the molecule is CN1[C@@H]2CC[C@H]1C[C@H](S(=O)(=O)c1ccc(NC(=O)c3ccsc3)cc1)C2. The van der Waals surface area contributed by atoms with E-state index < -0.39 is 9.84 Å². The van der Waals surface area contributed by atoms with Crippen molar-refractivity contribution >= 4 is 32.8 Å². The van der Waals surface area contributed by atoms with E-state index in [9.17, 15) is 13.2 Å².